The first kappa shape index (κ1) is 32.4. The first-order chi connectivity index (χ1) is 15.8. The van der Waals surface area contributed by atoms with Gasteiger partial charge < -0.3 is 11.1 Å². The van der Waals surface area contributed by atoms with Crippen LogP contribution in [0.1, 0.15) is 169 Å². The summed E-state index contributed by atoms with van der Waals surface area (Å²) in [6.45, 7) is 11.0. The number of hydrogen-bond acceptors (Lipinski definition) is 2. The van der Waals surface area contributed by atoms with Gasteiger partial charge in [-0.1, -0.05) is 124 Å². The number of carbonyl (C=O) groups excluding carboxylic acids is 1. The molecule has 0 aliphatic heterocycles. The molecule has 0 aliphatic carbocycles. The molecular weight excluding hydrogens is 404 g/mol. The van der Waals surface area contributed by atoms with Crippen molar-refractivity contribution in [2.45, 2.75) is 181 Å². The summed E-state index contributed by atoms with van der Waals surface area (Å²) in [6.07, 6.45) is 26.3. The number of nitrogens with one attached hydrogen (secondary N) is 1. The van der Waals surface area contributed by atoms with Gasteiger partial charge >= 0.3 is 0 Å². The van der Waals surface area contributed by atoms with Gasteiger partial charge in [-0.2, -0.15) is 0 Å². The maximum atomic E-state index is 12.6. The predicted molar refractivity (Wildman–Crippen MR) is 148 cm³/mol. The average Bonchev–Trinajstić information content (AvgIpc) is 2.76. The second-order valence-electron chi connectivity index (χ2n) is 11.4. The molecule has 0 spiro atoms. The van der Waals surface area contributed by atoms with Crippen LogP contribution in [0.3, 0.4) is 0 Å². The lowest BCUT2D eigenvalue weighted by Crippen LogP contribution is -2.44. The fourth-order valence-corrected chi connectivity index (χ4v) is 5.09. The van der Waals surface area contributed by atoms with Crippen molar-refractivity contribution in [3.05, 3.63) is 0 Å². The van der Waals surface area contributed by atoms with Gasteiger partial charge in [-0.3, -0.25) is 4.79 Å². The van der Waals surface area contributed by atoms with E-state index in [9.17, 15) is 4.79 Å². The van der Waals surface area contributed by atoms with Crippen LogP contribution in [-0.2, 0) is 4.79 Å². The molecule has 0 radical (unpaired) electrons. The molecule has 0 rings (SSSR count). The molecule has 2 unspecified atom stereocenters. The Morgan fingerprint density at radius 1 is 0.697 bits per heavy atom. The molecule has 2 atom stereocenters. The topological polar surface area (TPSA) is 55.1 Å². The van der Waals surface area contributed by atoms with Gasteiger partial charge in [0.2, 0.25) is 5.91 Å². The molecule has 0 aliphatic rings. The maximum absolute atomic E-state index is 12.6. The van der Waals surface area contributed by atoms with E-state index in [0.29, 0.717) is 12.3 Å². The van der Waals surface area contributed by atoms with Crippen LogP contribution < -0.4 is 11.1 Å². The number of nitrogens with two attached hydrogens (primary N) is 1. The molecule has 0 saturated heterocycles. The third-order valence-electron chi connectivity index (χ3n) is 7.08. The van der Waals surface area contributed by atoms with Crippen molar-refractivity contribution in [3.8, 4) is 0 Å². The van der Waals surface area contributed by atoms with Gasteiger partial charge in [0.25, 0.3) is 0 Å². The van der Waals surface area contributed by atoms with Crippen LogP contribution in [0.5, 0.6) is 0 Å². The van der Waals surface area contributed by atoms with E-state index in [-0.39, 0.29) is 17.5 Å². The zero-order valence-corrected chi connectivity index (χ0v) is 23.5. The summed E-state index contributed by atoms with van der Waals surface area (Å²) in [5.74, 6) is 0.738. The SMILES string of the molecule is CCCCCCCCCCCC(CC(C)(C)N)C(CC)NC(=O)CCCCCCCCCC. The van der Waals surface area contributed by atoms with Crippen molar-refractivity contribution in [3.63, 3.8) is 0 Å². The van der Waals surface area contributed by atoms with Crippen molar-refractivity contribution < 1.29 is 4.79 Å². The summed E-state index contributed by atoms with van der Waals surface area (Å²) in [6, 6.07) is 0.267. The summed E-state index contributed by atoms with van der Waals surface area (Å²) in [4.78, 5) is 12.6. The first-order valence-corrected chi connectivity index (χ1v) is 14.9. The van der Waals surface area contributed by atoms with E-state index in [1.165, 1.54) is 109 Å². The Hall–Kier alpha value is -0.570. The Kier molecular flexibility index (Phi) is 21.6. The number of carbonyl (C=O) groups is 1. The lowest BCUT2D eigenvalue weighted by molar-refractivity contribution is -0.122. The lowest BCUT2D eigenvalue weighted by Gasteiger charge is -2.32. The van der Waals surface area contributed by atoms with Crippen LogP contribution in [0.2, 0.25) is 0 Å². The van der Waals surface area contributed by atoms with Crippen molar-refractivity contribution in [2.24, 2.45) is 11.7 Å². The van der Waals surface area contributed by atoms with E-state index in [0.717, 1.165) is 19.3 Å². The van der Waals surface area contributed by atoms with Gasteiger partial charge in [0.15, 0.2) is 0 Å². The van der Waals surface area contributed by atoms with Gasteiger partial charge in [0, 0.05) is 18.0 Å². The monoisotopic (exact) mass is 466 g/mol. The Morgan fingerprint density at radius 3 is 1.55 bits per heavy atom. The highest BCUT2D eigenvalue weighted by molar-refractivity contribution is 5.76. The Bertz CT molecular complexity index is 430. The number of unbranched alkanes of at least 4 members (excludes halogenated alkanes) is 15. The van der Waals surface area contributed by atoms with Crippen LogP contribution in [0.15, 0.2) is 0 Å². The third-order valence-corrected chi connectivity index (χ3v) is 7.08. The van der Waals surface area contributed by atoms with E-state index in [1.807, 2.05) is 0 Å². The molecule has 0 aromatic carbocycles. The van der Waals surface area contributed by atoms with Crippen LogP contribution in [-0.4, -0.2) is 17.5 Å². The normalized spacial score (nSPS) is 13.8. The van der Waals surface area contributed by atoms with Crippen LogP contribution in [0.25, 0.3) is 0 Å². The molecule has 198 valence electrons. The highest BCUT2D eigenvalue weighted by Crippen LogP contribution is 2.26. The highest BCUT2D eigenvalue weighted by atomic mass is 16.1. The molecule has 0 aromatic rings. The molecule has 0 saturated carbocycles. The van der Waals surface area contributed by atoms with Crippen molar-refractivity contribution in [1.29, 1.82) is 0 Å². The molecule has 3 nitrogen and oxygen atoms in total. The molecule has 3 N–H and O–H groups in total. The fraction of sp³-hybridized carbons (Fsp3) is 0.967. The second-order valence-corrected chi connectivity index (χ2v) is 11.4. The van der Waals surface area contributed by atoms with Crippen LogP contribution in [0.4, 0.5) is 0 Å². The molecule has 0 bridgehead atoms. The lowest BCUT2D eigenvalue weighted by atomic mass is 9.82. The Labute approximate surface area is 208 Å². The molecule has 0 heterocycles. The number of rotatable bonds is 24. The van der Waals surface area contributed by atoms with E-state index < -0.39 is 0 Å². The van der Waals surface area contributed by atoms with Crippen molar-refractivity contribution in [1.82, 2.24) is 5.32 Å². The minimum absolute atomic E-state index is 0.181. The zero-order chi connectivity index (χ0) is 24.8. The Balaban J connectivity index is 4.25. The fourth-order valence-electron chi connectivity index (χ4n) is 5.09. The van der Waals surface area contributed by atoms with E-state index in [2.05, 4.69) is 39.9 Å². The molecule has 1 amide bonds. The zero-order valence-electron chi connectivity index (χ0n) is 23.5. The summed E-state index contributed by atoms with van der Waals surface area (Å²) in [7, 11) is 0. The smallest absolute Gasteiger partial charge is 0.220 e. The minimum atomic E-state index is -0.181. The molecule has 0 aromatic heterocycles. The van der Waals surface area contributed by atoms with Gasteiger partial charge in [-0.05, 0) is 45.4 Å². The average molecular weight is 467 g/mol. The largest absolute Gasteiger partial charge is 0.353 e. The molecular formula is C30H62N2O. The van der Waals surface area contributed by atoms with Crippen LogP contribution >= 0.6 is 0 Å². The van der Waals surface area contributed by atoms with Gasteiger partial charge in [0.05, 0.1) is 0 Å². The predicted octanol–water partition coefficient (Wildman–Crippen LogP) is 9.08. The minimum Gasteiger partial charge on any atom is -0.353 e. The number of hydrogen-bond donors (Lipinski definition) is 2. The maximum Gasteiger partial charge on any atom is 0.220 e. The van der Waals surface area contributed by atoms with Gasteiger partial charge in [0.1, 0.15) is 0 Å². The van der Waals surface area contributed by atoms with Gasteiger partial charge in [-0.25, -0.2) is 0 Å². The Morgan fingerprint density at radius 2 is 1.12 bits per heavy atom. The molecule has 33 heavy (non-hydrogen) atoms. The summed E-state index contributed by atoms with van der Waals surface area (Å²) >= 11 is 0. The van der Waals surface area contributed by atoms with E-state index in [1.54, 1.807) is 0 Å². The summed E-state index contributed by atoms with van der Waals surface area (Å²) in [5, 5.41) is 3.39. The van der Waals surface area contributed by atoms with Crippen molar-refractivity contribution >= 4 is 5.91 Å². The molecule has 3 heteroatoms. The quantitative estimate of drug-likeness (QED) is 0.139. The van der Waals surface area contributed by atoms with E-state index >= 15 is 0 Å². The standard InChI is InChI=1S/C30H62N2O/c1-6-9-11-13-15-17-18-20-22-24-27(26-30(4,5)31)28(8-3)32-29(33)25-23-21-19-16-14-12-10-7-2/h27-28H,6-26,31H2,1-5H3,(H,32,33). The highest BCUT2D eigenvalue weighted by Gasteiger charge is 2.26. The summed E-state index contributed by atoms with van der Waals surface area (Å²) < 4.78 is 0. The van der Waals surface area contributed by atoms with Crippen molar-refractivity contribution in [2.75, 3.05) is 0 Å². The van der Waals surface area contributed by atoms with Crippen LogP contribution in [0, 0.1) is 5.92 Å². The number of amides is 1. The first-order valence-electron chi connectivity index (χ1n) is 14.9. The van der Waals surface area contributed by atoms with E-state index in [4.69, 9.17) is 5.73 Å². The second kappa shape index (κ2) is 21.9. The molecule has 0 fully saturated rings. The third kappa shape index (κ3) is 21.7. The summed E-state index contributed by atoms with van der Waals surface area (Å²) in [5.41, 5.74) is 6.23. The van der Waals surface area contributed by atoms with Gasteiger partial charge in [-0.15, -0.1) is 0 Å².